The molecule has 0 aliphatic carbocycles. The van der Waals surface area contributed by atoms with Crippen molar-refractivity contribution < 1.29 is 14.1 Å². The second-order valence-electron chi connectivity index (χ2n) is 4.26. The average molecular weight is 270 g/mol. The highest BCUT2D eigenvalue weighted by Crippen LogP contribution is 2.21. The molecule has 100 valence electrons. The monoisotopic (exact) mass is 270 g/mol. The molecule has 0 aromatic carbocycles. The zero-order chi connectivity index (χ0) is 12.8. The van der Waals surface area contributed by atoms with Crippen LogP contribution in [0.2, 0.25) is 0 Å². The first-order valence-corrected chi connectivity index (χ1v) is 7.21. The Morgan fingerprint density at radius 1 is 1.56 bits per heavy atom. The molecule has 1 aliphatic heterocycles. The first-order valence-electron chi connectivity index (χ1n) is 6.16. The Morgan fingerprint density at radius 3 is 3.00 bits per heavy atom. The van der Waals surface area contributed by atoms with Gasteiger partial charge in [0.2, 0.25) is 0 Å². The van der Waals surface area contributed by atoms with Gasteiger partial charge in [-0.1, -0.05) is 5.16 Å². The van der Waals surface area contributed by atoms with Crippen LogP contribution in [0.25, 0.3) is 0 Å². The molecule has 1 aromatic heterocycles. The number of nitrogens with one attached hydrogen (secondary N) is 1. The fourth-order valence-electron chi connectivity index (χ4n) is 1.80. The molecular formula is C12H18N2O3S. The summed E-state index contributed by atoms with van der Waals surface area (Å²) in [4.78, 5) is 11.6. The number of thioether (sulfide) groups is 1. The van der Waals surface area contributed by atoms with E-state index < -0.39 is 0 Å². The Morgan fingerprint density at radius 2 is 2.33 bits per heavy atom. The van der Waals surface area contributed by atoms with E-state index in [4.69, 9.17) is 9.26 Å². The van der Waals surface area contributed by atoms with Crippen molar-refractivity contribution in [2.45, 2.75) is 25.0 Å². The molecular weight excluding hydrogens is 252 g/mol. The van der Waals surface area contributed by atoms with E-state index in [1.54, 1.807) is 13.0 Å². The van der Waals surface area contributed by atoms with Crippen LogP contribution >= 0.6 is 11.8 Å². The van der Waals surface area contributed by atoms with Crippen LogP contribution in [0, 0.1) is 6.92 Å². The van der Waals surface area contributed by atoms with Crippen LogP contribution < -0.4 is 5.32 Å². The second kappa shape index (κ2) is 6.80. The predicted molar refractivity (Wildman–Crippen MR) is 69.9 cm³/mol. The lowest BCUT2D eigenvalue weighted by Gasteiger charge is -2.21. The summed E-state index contributed by atoms with van der Waals surface area (Å²) in [5, 5.41) is 7.18. The maximum absolute atomic E-state index is 11.6. The highest BCUT2D eigenvalue weighted by atomic mass is 32.2. The predicted octanol–water partition coefficient (Wildman–Crippen LogP) is 1.63. The highest BCUT2D eigenvalue weighted by molar-refractivity contribution is 7.99. The van der Waals surface area contributed by atoms with E-state index in [9.17, 15) is 4.79 Å². The molecule has 0 spiro atoms. The first kappa shape index (κ1) is 13.4. The van der Waals surface area contributed by atoms with Gasteiger partial charge in [0.25, 0.3) is 5.91 Å². The molecule has 6 heteroatoms. The standard InChI is InChI=1S/C12H18N2O3S/c1-9-8-11(14-17-9)12(15)13-4-7-18-10-2-5-16-6-3-10/h8,10H,2-7H2,1H3,(H,13,15). The Hall–Kier alpha value is -1.01. The molecule has 18 heavy (non-hydrogen) atoms. The Kier molecular flexibility index (Phi) is 5.07. The van der Waals surface area contributed by atoms with Gasteiger partial charge in [0.05, 0.1) is 0 Å². The third-order valence-electron chi connectivity index (χ3n) is 2.77. The number of nitrogens with zero attached hydrogens (tertiary/aromatic N) is 1. The summed E-state index contributed by atoms with van der Waals surface area (Å²) in [6.07, 6.45) is 2.22. The number of hydrogen-bond acceptors (Lipinski definition) is 5. The molecule has 1 N–H and O–H groups in total. The van der Waals surface area contributed by atoms with Crippen LogP contribution in [0.3, 0.4) is 0 Å². The molecule has 1 amide bonds. The van der Waals surface area contributed by atoms with Gasteiger partial charge in [-0.15, -0.1) is 0 Å². The molecule has 0 bridgehead atoms. The van der Waals surface area contributed by atoms with Gasteiger partial charge in [-0.05, 0) is 19.8 Å². The molecule has 1 fully saturated rings. The normalized spacial score (nSPS) is 16.7. The molecule has 0 unspecified atom stereocenters. The van der Waals surface area contributed by atoms with Crippen molar-refractivity contribution >= 4 is 17.7 Å². The second-order valence-corrected chi connectivity index (χ2v) is 5.67. The minimum absolute atomic E-state index is 0.167. The molecule has 2 rings (SSSR count). The molecule has 1 aromatic rings. The minimum atomic E-state index is -0.167. The molecule has 5 nitrogen and oxygen atoms in total. The summed E-state index contributed by atoms with van der Waals surface area (Å²) in [5.41, 5.74) is 0.351. The number of aryl methyl sites for hydroxylation is 1. The van der Waals surface area contributed by atoms with E-state index in [0.29, 0.717) is 23.2 Å². The van der Waals surface area contributed by atoms with Crippen molar-refractivity contribution in [3.05, 3.63) is 17.5 Å². The fourth-order valence-corrected chi connectivity index (χ4v) is 2.88. The summed E-state index contributed by atoms with van der Waals surface area (Å²) >= 11 is 1.90. The lowest BCUT2D eigenvalue weighted by molar-refractivity contribution is 0.0946. The van der Waals surface area contributed by atoms with Gasteiger partial charge in [-0.2, -0.15) is 11.8 Å². The van der Waals surface area contributed by atoms with Crippen LogP contribution in [0.5, 0.6) is 0 Å². The average Bonchev–Trinajstić information content (AvgIpc) is 2.82. The van der Waals surface area contributed by atoms with E-state index in [0.717, 1.165) is 31.8 Å². The zero-order valence-corrected chi connectivity index (χ0v) is 11.3. The van der Waals surface area contributed by atoms with Crippen molar-refractivity contribution in [2.75, 3.05) is 25.5 Å². The number of rotatable bonds is 5. The summed E-state index contributed by atoms with van der Waals surface area (Å²) < 4.78 is 10.2. The number of hydrogen-bond donors (Lipinski definition) is 1. The zero-order valence-electron chi connectivity index (χ0n) is 10.5. The van der Waals surface area contributed by atoms with Gasteiger partial charge in [0.1, 0.15) is 5.76 Å². The van der Waals surface area contributed by atoms with Crippen LogP contribution in [-0.2, 0) is 4.74 Å². The quantitative estimate of drug-likeness (QED) is 0.824. The van der Waals surface area contributed by atoms with Crippen LogP contribution in [0.1, 0.15) is 29.1 Å². The number of carbonyl (C=O) groups is 1. The van der Waals surface area contributed by atoms with Crippen LogP contribution in [0.4, 0.5) is 0 Å². The van der Waals surface area contributed by atoms with Gasteiger partial charge in [0.15, 0.2) is 5.69 Å². The maximum Gasteiger partial charge on any atom is 0.273 e. The maximum atomic E-state index is 11.6. The summed E-state index contributed by atoms with van der Waals surface area (Å²) in [6.45, 7) is 4.15. The minimum Gasteiger partial charge on any atom is -0.381 e. The van der Waals surface area contributed by atoms with Crippen LogP contribution in [-0.4, -0.2) is 41.8 Å². The van der Waals surface area contributed by atoms with Gasteiger partial charge < -0.3 is 14.6 Å². The smallest absolute Gasteiger partial charge is 0.273 e. The van der Waals surface area contributed by atoms with E-state index >= 15 is 0 Å². The Bertz CT molecular complexity index is 388. The van der Waals surface area contributed by atoms with Gasteiger partial charge >= 0.3 is 0 Å². The van der Waals surface area contributed by atoms with Crippen molar-refractivity contribution in [1.29, 1.82) is 0 Å². The fraction of sp³-hybridized carbons (Fsp3) is 0.667. The van der Waals surface area contributed by atoms with E-state index in [1.165, 1.54) is 0 Å². The molecule has 0 radical (unpaired) electrons. The van der Waals surface area contributed by atoms with Crippen molar-refractivity contribution in [3.8, 4) is 0 Å². The summed E-state index contributed by atoms with van der Waals surface area (Å²) in [7, 11) is 0. The van der Waals surface area contributed by atoms with Crippen LogP contribution in [0.15, 0.2) is 10.6 Å². The highest BCUT2D eigenvalue weighted by Gasteiger charge is 2.14. The SMILES string of the molecule is Cc1cc(C(=O)NCCSC2CCOCC2)no1. The molecule has 2 heterocycles. The molecule has 0 saturated carbocycles. The number of aromatic nitrogens is 1. The molecule has 0 atom stereocenters. The third kappa shape index (κ3) is 4.03. The van der Waals surface area contributed by atoms with Crippen molar-refractivity contribution in [1.82, 2.24) is 10.5 Å². The first-order chi connectivity index (χ1) is 8.75. The molecule has 1 saturated heterocycles. The van der Waals surface area contributed by atoms with Gasteiger partial charge in [0, 0.05) is 36.8 Å². The van der Waals surface area contributed by atoms with E-state index in [-0.39, 0.29) is 5.91 Å². The Labute approximate surface area is 111 Å². The van der Waals surface area contributed by atoms with Gasteiger partial charge in [-0.3, -0.25) is 4.79 Å². The third-order valence-corrected chi connectivity index (χ3v) is 4.15. The van der Waals surface area contributed by atoms with E-state index in [1.807, 2.05) is 11.8 Å². The molecule has 1 aliphatic rings. The van der Waals surface area contributed by atoms with Gasteiger partial charge in [-0.25, -0.2) is 0 Å². The van der Waals surface area contributed by atoms with Crippen molar-refractivity contribution in [3.63, 3.8) is 0 Å². The number of amides is 1. The lowest BCUT2D eigenvalue weighted by atomic mass is 10.2. The number of ether oxygens (including phenoxy) is 1. The Balaban J connectivity index is 1.61. The lowest BCUT2D eigenvalue weighted by Crippen LogP contribution is -2.27. The van der Waals surface area contributed by atoms with Crippen molar-refractivity contribution in [2.24, 2.45) is 0 Å². The number of carbonyl (C=O) groups excluding carboxylic acids is 1. The summed E-state index contributed by atoms with van der Waals surface area (Å²) in [6, 6.07) is 1.64. The van der Waals surface area contributed by atoms with E-state index in [2.05, 4.69) is 10.5 Å². The topological polar surface area (TPSA) is 64.4 Å². The largest absolute Gasteiger partial charge is 0.381 e. The summed E-state index contributed by atoms with van der Waals surface area (Å²) in [5.74, 6) is 1.41.